The van der Waals surface area contributed by atoms with Crippen molar-refractivity contribution in [2.24, 2.45) is 0 Å². The van der Waals surface area contributed by atoms with Gasteiger partial charge in [-0.1, -0.05) is 0 Å². The molecule has 0 bridgehead atoms. The number of carbonyl (C=O) groups is 1. The number of aromatic nitrogens is 1. The van der Waals surface area contributed by atoms with Gasteiger partial charge in [0, 0.05) is 24.1 Å². The topological polar surface area (TPSA) is 96.6 Å². The predicted octanol–water partition coefficient (Wildman–Crippen LogP) is 1.76. The van der Waals surface area contributed by atoms with Crippen LogP contribution in [0.25, 0.3) is 0 Å². The molecular formula is C10H10BrN3O4S. The molecule has 0 radical (unpaired) electrons. The second-order valence-electron chi connectivity index (χ2n) is 3.88. The number of nitrogens with zero attached hydrogens (tertiary/aromatic N) is 3. The van der Waals surface area contributed by atoms with Crippen molar-refractivity contribution < 1.29 is 14.8 Å². The number of carboxylic acids is 1. The molecule has 1 unspecified atom stereocenters. The zero-order valence-electron chi connectivity index (χ0n) is 9.65. The van der Waals surface area contributed by atoms with Crippen LogP contribution in [-0.4, -0.2) is 45.1 Å². The summed E-state index contributed by atoms with van der Waals surface area (Å²) in [6, 6.07) is 0.673. The van der Waals surface area contributed by atoms with Crippen LogP contribution >= 0.6 is 27.7 Å². The van der Waals surface area contributed by atoms with Crippen molar-refractivity contribution in [2.45, 2.75) is 6.04 Å². The van der Waals surface area contributed by atoms with E-state index in [0.29, 0.717) is 22.6 Å². The Bertz CT molecular complexity index is 527. The number of hydrogen-bond donors (Lipinski definition) is 1. The molecular weight excluding hydrogens is 338 g/mol. The van der Waals surface area contributed by atoms with Crippen molar-refractivity contribution in [2.75, 3.05) is 23.0 Å². The van der Waals surface area contributed by atoms with E-state index in [1.54, 1.807) is 16.7 Å². The highest BCUT2D eigenvalue weighted by Crippen LogP contribution is 2.31. The maximum Gasteiger partial charge on any atom is 0.327 e. The maximum atomic E-state index is 11.2. The molecule has 0 spiro atoms. The van der Waals surface area contributed by atoms with Crippen molar-refractivity contribution in [1.82, 2.24) is 4.98 Å². The molecule has 1 N–H and O–H groups in total. The molecule has 9 heteroatoms. The smallest absolute Gasteiger partial charge is 0.327 e. The number of halogens is 1. The van der Waals surface area contributed by atoms with Crippen LogP contribution in [-0.2, 0) is 4.79 Å². The van der Waals surface area contributed by atoms with Gasteiger partial charge in [-0.25, -0.2) is 9.78 Å². The Labute approximate surface area is 121 Å². The third-order valence-corrected chi connectivity index (χ3v) is 4.31. The summed E-state index contributed by atoms with van der Waals surface area (Å²) in [5, 5.41) is 19.8. The highest BCUT2D eigenvalue weighted by molar-refractivity contribution is 9.10. The number of carboxylic acid groups (broad SMARTS) is 1. The first-order chi connectivity index (χ1) is 9.00. The average molecular weight is 348 g/mol. The van der Waals surface area contributed by atoms with Crippen LogP contribution in [0.1, 0.15) is 0 Å². The van der Waals surface area contributed by atoms with Crippen molar-refractivity contribution in [3.8, 4) is 0 Å². The van der Waals surface area contributed by atoms with Crippen molar-refractivity contribution in [1.29, 1.82) is 0 Å². The van der Waals surface area contributed by atoms with E-state index in [-0.39, 0.29) is 5.69 Å². The summed E-state index contributed by atoms with van der Waals surface area (Å²) in [5.41, 5.74) is -0.131. The Kier molecular flexibility index (Phi) is 4.25. The SMILES string of the molecule is O=C(O)C1CSCCN1c1ncc([N+](=O)[O-])cc1Br. The molecule has 0 aliphatic carbocycles. The number of nitro groups is 1. The first-order valence-corrected chi connectivity index (χ1v) is 7.32. The molecule has 2 rings (SSSR count). The monoisotopic (exact) mass is 347 g/mol. The van der Waals surface area contributed by atoms with Gasteiger partial charge in [0.25, 0.3) is 5.69 Å². The fraction of sp³-hybridized carbons (Fsp3) is 0.400. The first-order valence-electron chi connectivity index (χ1n) is 5.38. The van der Waals surface area contributed by atoms with Gasteiger partial charge in [0.2, 0.25) is 0 Å². The summed E-state index contributed by atoms with van der Waals surface area (Å²) < 4.78 is 0.430. The van der Waals surface area contributed by atoms with Crippen molar-refractivity contribution in [3.63, 3.8) is 0 Å². The van der Waals surface area contributed by atoms with Gasteiger partial charge in [-0.05, 0) is 15.9 Å². The number of pyridine rings is 1. The lowest BCUT2D eigenvalue weighted by Crippen LogP contribution is -2.48. The van der Waals surface area contributed by atoms with Crippen LogP contribution in [0.3, 0.4) is 0 Å². The molecule has 1 aromatic heterocycles. The molecule has 1 atom stereocenters. The lowest BCUT2D eigenvalue weighted by Gasteiger charge is -2.33. The van der Waals surface area contributed by atoms with E-state index in [9.17, 15) is 20.0 Å². The molecule has 7 nitrogen and oxygen atoms in total. The molecule has 1 aliphatic heterocycles. The van der Waals surface area contributed by atoms with Crippen molar-refractivity contribution >= 4 is 45.2 Å². The summed E-state index contributed by atoms with van der Waals surface area (Å²) in [7, 11) is 0. The molecule has 102 valence electrons. The molecule has 1 aliphatic rings. The largest absolute Gasteiger partial charge is 0.480 e. The minimum atomic E-state index is -0.917. The normalized spacial score (nSPS) is 19.2. The van der Waals surface area contributed by atoms with Gasteiger partial charge in [0.1, 0.15) is 18.1 Å². The number of rotatable bonds is 3. The van der Waals surface area contributed by atoms with Crippen LogP contribution in [0, 0.1) is 10.1 Å². The number of thioether (sulfide) groups is 1. The highest BCUT2D eigenvalue weighted by Gasteiger charge is 2.31. The molecule has 0 amide bonds. The maximum absolute atomic E-state index is 11.2. The number of aliphatic carboxylic acids is 1. The van der Waals surface area contributed by atoms with Gasteiger partial charge in [-0.15, -0.1) is 0 Å². The first kappa shape index (κ1) is 14.1. The van der Waals surface area contributed by atoms with E-state index < -0.39 is 16.9 Å². The molecule has 1 saturated heterocycles. The Hall–Kier alpha value is -1.35. The zero-order chi connectivity index (χ0) is 14.0. The van der Waals surface area contributed by atoms with E-state index >= 15 is 0 Å². The molecule has 0 saturated carbocycles. The lowest BCUT2D eigenvalue weighted by molar-refractivity contribution is -0.385. The van der Waals surface area contributed by atoms with Crippen LogP contribution in [0.4, 0.5) is 11.5 Å². The van der Waals surface area contributed by atoms with E-state index in [2.05, 4.69) is 20.9 Å². The Balaban J connectivity index is 2.34. The molecule has 1 fully saturated rings. The van der Waals surface area contributed by atoms with E-state index in [1.807, 2.05) is 0 Å². The van der Waals surface area contributed by atoms with Gasteiger partial charge < -0.3 is 10.0 Å². The average Bonchev–Trinajstić information content (AvgIpc) is 2.38. The van der Waals surface area contributed by atoms with Gasteiger partial charge in [0.15, 0.2) is 0 Å². The molecule has 2 heterocycles. The molecule has 0 aromatic carbocycles. The third-order valence-electron chi connectivity index (χ3n) is 2.70. The summed E-state index contributed by atoms with van der Waals surface area (Å²) >= 11 is 4.79. The number of hydrogen-bond acceptors (Lipinski definition) is 6. The summed E-state index contributed by atoms with van der Waals surface area (Å²) in [4.78, 5) is 27.0. The summed E-state index contributed by atoms with van der Waals surface area (Å²) in [5.74, 6) is 0.785. The van der Waals surface area contributed by atoms with Crippen LogP contribution in [0.5, 0.6) is 0 Å². The summed E-state index contributed by atoms with van der Waals surface area (Å²) in [6.45, 7) is 0.547. The molecule has 1 aromatic rings. The third kappa shape index (κ3) is 2.98. The lowest BCUT2D eigenvalue weighted by atomic mass is 10.2. The summed E-state index contributed by atoms with van der Waals surface area (Å²) in [6.07, 6.45) is 1.14. The second-order valence-corrected chi connectivity index (χ2v) is 5.88. The van der Waals surface area contributed by atoms with Gasteiger partial charge >= 0.3 is 5.97 Å². The molecule has 19 heavy (non-hydrogen) atoms. The van der Waals surface area contributed by atoms with Gasteiger partial charge in [0.05, 0.1) is 9.40 Å². The Morgan fingerprint density at radius 2 is 2.42 bits per heavy atom. The number of anilines is 1. The fourth-order valence-electron chi connectivity index (χ4n) is 1.79. The van der Waals surface area contributed by atoms with E-state index in [4.69, 9.17) is 0 Å². The van der Waals surface area contributed by atoms with Crippen LogP contribution in [0.2, 0.25) is 0 Å². The second kappa shape index (κ2) is 5.74. The highest BCUT2D eigenvalue weighted by atomic mass is 79.9. The standard InChI is InChI=1S/C10H10BrN3O4S/c11-7-3-6(14(17)18)4-12-9(7)13-1-2-19-5-8(13)10(15)16/h3-4,8H,1-2,5H2,(H,15,16). The zero-order valence-corrected chi connectivity index (χ0v) is 12.1. The minimum Gasteiger partial charge on any atom is -0.480 e. The quantitative estimate of drug-likeness (QED) is 0.657. The van der Waals surface area contributed by atoms with Gasteiger partial charge in [-0.2, -0.15) is 11.8 Å². The van der Waals surface area contributed by atoms with E-state index in [1.165, 1.54) is 6.07 Å². The van der Waals surface area contributed by atoms with E-state index in [0.717, 1.165) is 11.9 Å². The van der Waals surface area contributed by atoms with Crippen LogP contribution in [0.15, 0.2) is 16.7 Å². The van der Waals surface area contributed by atoms with Gasteiger partial charge in [-0.3, -0.25) is 10.1 Å². The predicted molar refractivity (Wildman–Crippen MR) is 74.7 cm³/mol. The Morgan fingerprint density at radius 3 is 3.00 bits per heavy atom. The van der Waals surface area contributed by atoms with Crippen molar-refractivity contribution in [3.05, 3.63) is 26.9 Å². The van der Waals surface area contributed by atoms with Crippen LogP contribution < -0.4 is 4.90 Å². The fourth-order valence-corrected chi connectivity index (χ4v) is 3.40. The minimum absolute atomic E-state index is 0.131. The Morgan fingerprint density at radius 1 is 1.68 bits per heavy atom.